The third-order valence-corrected chi connectivity index (χ3v) is 6.90. The van der Waals surface area contributed by atoms with Crippen LogP contribution < -0.4 is 10.6 Å². The normalized spacial score (nSPS) is 12.6. The van der Waals surface area contributed by atoms with Crippen LogP contribution in [0.25, 0.3) is 11.4 Å². The summed E-state index contributed by atoms with van der Waals surface area (Å²) in [7, 11) is 0. The van der Waals surface area contributed by atoms with Gasteiger partial charge < -0.3 is 25.8 Å². The zero-order valence-electron chi connectivity index (χ0n) is 19.4. The van der Waals surface area contributed by atoms with Crippen LogP contribution in [0, 0.1) is 12.7 Å². The number of H-pyrrole nitrogens is 1. The van der Waals surface area contributed by atoms with Gasteiger partial charge in [-0.05, 0) is 38.3 Å². The first kappa shape index (κ1) is 29.2. The van der Waals surface area contributed by atoms with Crippen LogP contribution >= 0.6 is 34.5 Å². The summed E-state index contributed by atoms with van der Waals surface area (Å²) in [5, 5.41) is 18.3. The second-order valence-corrected chi connectivity index (χ2v) is 9.18. The van der Waals surface area contributed by atoms with Crippen LogP contribution in [0.2, 0.25) is 10.0 Å². The first-order chi connectivity index (χ1) is 17.1. The molecule has 0 spiro atoms. The van der Waals surface area contributed by atoms with Crippen molar-refractivity contribution in [3.05, 3.63) is 63.1 Å². The summed E-state index contributed by atoms with van der Waals surface area (Å²) in [5.41, 5.74) is 5.90. The Kier molecular flexibility index (Phi) is 11.3. The van der Waals surface area contributed by atoms with Crippen molar-refractivity contribution in [1.29, 1.82) is 0 Å². The molecular formula is C23H26Cl2FN5O4S. The molecule has 1 aliphatic rings. The maximum absolute atomic E-state index is 13.9. The van der Waals surface area contributed by atoms with Crippen molar-refractivity contribution in [1.82, 2.24) is 15.0 Å². The molecule has 13 heteroatoms. The van der Waals surface area contributed by atoms with Gasteiger partial charge in [-0.15, -0.1) is 6.58 Å². The van der Waals surface area contributed by atoms with Gasteiger partial charge in [0.05, 0.1) is 16.7 Å². The Morgan fingerprint density at radius 3 is 2.36 bits per heavy atom. The molecule has 4 heterocycles. The number of thiazole rings is 1. The fraction of sp³-hybridized carbons (Fsp3) is 0.304. The average Bonchev–Trinajstić information content (AvgIpc) is 3.43. The van der Waals surface area contributed by atoms with Gasteiger partial charge in [0.1, 0.15) is 22.0 Å². The Morgan fingerprint density at radius 2 is 1.92 bits per heavy atom. The van der Waals surface area contributed by atoms with Crippen molar-refractivity contribution in [2.24, 2.45) is 5.73 Å². The van der Waals surface area contributed by atoms with Crippen molar-refractivity contribution in [3.8, 4) is 11.4 Å². The quantitative estimate of drug-likeness (QED) is 0.325. The number of carbonyl (C=O) groups is 2. The molecule has 4 rings (SSSR count). The van der Waals surface area contributed by atoms with Gasteiger partial charge >= 0.3 is 5.97 Å². The van der Waals surface area contributed by atoms with Crippen molar-refractivity contribution in [3.63, 3.8) is 0 Å². The smallest absolute Gasteiger partial charge is 0.348 e. The highest BCUT2D eigenvalue weighted by atomic mass is 35.5. The number of aromatic carboxylic acids is 1. The maximum atomic E-state index is 13.9. The number of aliphatic hydroxyl groups excluding tert-OH is 1. The molecule has 3 aromatic heterocycles. The topological polar surface area (TPSA) is 145 Å². The van der Waals surface area contributed by atoms with E-state index in [0.29, 0.717) is 15.8 Å². The molecule has 0 saturated carbocycles. The zero-order valence-corrected chi connectivity index (χ0v) is 21.8. The number of carboxylic acids is 1. The van der Waals surface area contributed by atoms with Crippen LogP contribution in [0.5, 0.6) is 0 Å². The molecule has 1 amide bonds. The number of aryl methyl sites for hydroxylation is 1. The fourth-order valence-electron chi connectivity index (χ4n) is 3.14. The van der Waals surface area contributed by atoms with Gasteiger partial charge in [-0.1, -0.05) is 40.6 Å². The number of hydrogen-bond donors (Lipinski definition) is 4. The van der Waals surface area contributed by atoms with Gasteiger partial charge in [0.15, 0.2) is 10.9 Å². The van der Waals surface area contributed by atoms with Crippen molar-refractivity contribution < 1.29 is 24.2 Å². The number of carboxylic acid groups (broad SMARTS) is 1. The third kappa shape index (κ3) is 7.50. The SMILES string of the molecule is C=CCO.Cc1[nH]c(C(N)=O)c(Cl)c1Cl.O=C(O)c1sc(N2CCCCC2)nc1-c1ncccc1F. The van der Waals surface area contributed by atoms with Crippen LogP contribution in [0.1, 0.15) is 45.1 Å². The molecule has 1 fully saturated rings. The van der Waals surface area contributed by atoms with Crippen LogP contribution in [-0.4, -0.2) is 56.7 Å². The minimum absolute atomic E-state index is 0.00518. The number of nitrogens with one attached hydrogen (secondary N) is 1. The van der Waals surface area contributed by atoms with E-state index in [1.54, 1.807) is 6.92 Å². The largest absolute Gasteiger partial charge is 0.477 e. The summed E-state index contributed by atoms with van der Waals surface area (Å²) in [6.07, 6.45) is 6.17. The second kappa shape index (κ2) is 13.9. The number of piperidine rings is 1. The monoisotopic (exact) mass is 557 g/mol. The van der Waals surface area contributed by atoms with E-state index in [1.165, 1.54) is 30.8 Å². The third-order valence-electron chi connectivity index (χ3n) is 4.85. The van der Waals surface area contributed by atoms with Gasteiger partial charge in [-0.25, -0.2) is 14.2 Å². The second-order valence-electron chi connectivity index (χ2n) is 7.45. The lowest BCUT2D eigenvalue weighted by Crippen LogP contribution is -2.29. The van der Waals surface area contributed by atoms with Gasteiger partial charge in [-0.3, -0.25) is 9.78 Å². The standard InChI is InChI=1S/C14H14FN3O2S.C6H6Cl2N2O.C3H6O/c15-9-5-4-6-16-10(9)11-12(13(19)20)21-14(17-11)18-7-2-1-3-8-18;1-2-3(7)4(8)5(10-2)6(9)11;1-2-3-4/h4-6H,1-3,7-8H2,(H,19,20);10H,1H3,(H2,9,11);2,4H,1,3H2. The minimum atomic E-state index is -1.10. The number of aliphatic hydroxyl groups is 1. The summed E-state index contributed by atoms with van der Waals surface area (Å²) in [6.45, 7) is 6.74. The molecule has 0 atom stereocenters. The number of carbonyl (C=O) groups excluding carboxylic acids is 1. The number of hydrogen-bond acceptors (Lipinski definition) is 7. The Labute approximate surface area is 221 Å². The molecule has 5 N–H and O–H groups in total. The van der Waals surface area contributed by atoms with E-state index < -0.39 is 17.7 Å². The summed E-state index contributed by atoms with van der Waals surface area (Å²) >= 11 is 12.4. The number of aromatic nitrogens is 3. The number of amides is 1. The number of pyridine rings is 1. The predicted molar refractivity (Wildman–Crippen MR) is 140 cm³/mol. The molecule has 0 aromatic carbocycles. The first-order valence-corrected chi connectivity index (χ1v) is 12.3. The molecular weight excluding hydrogens is 532 g/mol. The Bertz CT molecular complexity index is 1210. The summed E-state index contributed by atoms with van der Waals surface area (Å²) in [6, 6.07) is 2.73. The molecule has 9 nitrogen and oxygen atoms in total. The van der Waals surface area contributed by atoms with Gasteiger partial charge in [-0.2, -0.15) is 0 Å². The summed E-state index contributed by atoms with van der Waals surface area (Å²) in [5.74, 6) is -2.27. The van der Waals surface area contributed by atoms with E-state index >= 15 is 0 Å². The van der Waals surface area contributed by atoms with Crippen LogP contribution in [0.15, 0.2) is 31.0 Å². The highest BCUT2D eigenvalue weighted by molar-refractivity contribution is 7.17. The summed E-state index contributed by atoms with van der Waals surface area (Å²) in [4.78, 5) is 35.1. The van der Waals surface area contributed by atoms with E-state index in [9.17, 15) is 19.1 Å². The van der Waals surface area contributed by atoms with Gasteiger partial charge in [0, 0.05) is 25.0 Å². The number of primary amides is 1. The lowest BCUT2D eigenvalue weighted by molar-refractivity contribution is 0.0702. The number of aromatic amines is 1. The number of nitrogens with zero attached hydrogens (tertiary/aromatic N) is 3. The number of anilines is 1. The first-order valence-electron chi connectivity index (χ1n) is 10.8. The molecule has 0 radical (unpaired) electrons. The number of rotatable bonds is 5. The van der Waals surface area contributed by atoms with E-state index in [1.807, 2.05) is 0 Å². The zero-order chi connectivity index (χ0) is 26.8. The molecule has 0 bridgehead atoms. The lowest BCUT2D eigenvalue weighted by Gasteiger charge is -2.25. The van der Waals surface area contributed by atoms with Crippen LogP contribution in [-0.2, 0) is 0 Å². The molecule has 36 heavy (non-hydrogen) atoms. The lowest BCUT2D eigenvalue weighted by atomic mass is 10.1. The van der Waals surface area contributed by atoms with E-state index in [4.69, 9.17) is 34.0 Å². The van der Waals surface area contributed by atoms with E-state index in [0.717, 1.165) is 37.3 Å². The summed E-state index contributed by atoms with van der Waals surface area (Å²) < 4.78 is 13.9. The Hall–Kier alpha value is -2.99. The Balaban J connectivity index is 0.000000255. The van der Waals surface area contributed by atoms with E-state index in [-0.39, 0.29) is 33.6 Å². The van der Waals surface area contributed by atoms with Gasteiger partial charge in [0.25, 0.3) is 5.91 Å². The average molecular weight is 558 g/mol. The van der Waals surface area contributed by atoms with Crippen molar-refractivity contribution in [2.75, 3.05) is 24.6 Å². The number of halogens is 3. The predicted octanol–water partition coefficient (Wildman–Crippen LogP) is 4.93. The van der Waals surface area contributed by atoms with Crippen LogP contribution in [0.4, 0.5) is 9.52 Å². The van der Waals surface area contributed by atoms with Gasteiger partial charge in [0.2, 0.25) is 0 Å². The maximum Gasteiger partial charge on any atom is 0.348 e. The highest BCUT2D eigenvalue weighted by Crippen LogP contribution is 2.34. The Morgan fingerprint density at radius 1 is 1.28 bits per heavy atom. The molecule has 3 aromatic rings. The highest BCUT2D eigenvalue weighted by Gasteiger charge is 2.25. The molecule has 0 aliphatic carbocycles. The number of nitrogens with two attached hydrogens (primary N) is 1. The van der Waals surface area contributed by atoms with Crippen molar-refractivity contribution >= 4 is 51.5 Å². The minimum Gasteiger partial charge on any atom is -0.477 e. The molecule has 194 valence electrons. The fourth-order valence-corrected chi connectivity index (χ4v) is 4.52. The van der Waals surface area contributed by atoms with E-state index in [2.05, 4.69) is 26.4 Å². The molecule has 0 unspecified atom stereocenters. The molecule has 1 aliphatic heterocycles. The van der Waals surface area contributed by atoms with Crippen molar-refractivity contribution in [2.45, 2.75) is 26.2 Å². The van der Waals surface area contributed by atoms with Crippen LogP contribution in [0.3, 0.4) is 0 Å². The molecule has 1 saturated heterocycles.